The van der Waals surface area contributed by atoms with Gasteiger partial charge in [0.2, 0.25) is 5.79 Å². The van der Waals surface area contributed by atoms with Crippen molar-refractivity contribution in [2.45, 2.75) is 77.3 Å². The molecule has 1 spiro atoms. The van der Waals surface area contributed by atoms with Crippen molar-refractivity contribution in [1.82, 2.24) is 0 Å². The van der Waals surface area contributed by atoms with Crippen LogP contribution in [0, 0.1) is 29.6 Å². The number of carboxylic acid groups (broad SMARTS) is 1. The summed E-state index contributed by atoms with van der Waals surface area (Å²) in [4.78, 5) is 22.9. The average molecular weight is 370 g/mol. The summed E-state index contributed by atoms with van der Waals surface area (Å²) < 4.78 is 18.4. The molecule has 1 saturated carbocycles. The first-order valence-electron chi connectivity index (χ1n) is 9.81. The zero-order valence-corrected chi connectivity index (χ0v) is 16.0. The predicted octanol–water partition coefficient (Wildman–Crippen LogP) is 2.93. The summed E-state index contributed by atoms with van der Waals surface area (Å²) in [6, 6.07) is 0. The molecule has 0 aromatic rings. The van der Waals surface area contributed by atoms with Crippen molar-refractivity contribution in [3.8, 4) is 0 Å². The monoisotopic (exact) mass is 370 g/mol. The van der Waals surface area contributed by atoms with Gasteiger partial charge in [0, 0.05) is 18.3 Å². The summed E-state index contributed by atoms with van der Waals surface area (Å²) in [7, 11) is 0. The van der Waals surface area contributed by atoms with E-state index < -0.39 is 35.9 Å². The number of aliphatic carboxylic acids is 1. The van der Waals surface area contributed by atoms with Gasteiger partial charge >= 0.3 is 5.97 Å². The zero-order chi connectivity index (χ0) is 18.7. The van der Waals surface area contributed by atoms with Crippen LogP contribution in [0.25, 0.3) is 0 Å². The first-order chi connectivity index (χ1) is 12.3. The van der Waals surface area contributed by atoms with Crippen LogP contribution in [0.3, 0.4) is 0 Å². The van der Waals surface area contributed by atoms with Crippen LogP contribution >= 0.6 is 0 Å². The van der Waals surface area contributed by atoms with Gasteiger partial charge in [0.15, 0.2) is 18.2 Å². The third kappa shape index (κ3) is 2.71. The fourth-order valence-electron chi connectivity index (χ4n) is 5.37. The van der Waals surface area contributed by atoms with Crippen molar-refractivity contribution < 1.29 is 33.9 Å². The minimum Gasteiger partial charge on any atom is -0.481 e. The molecule has 0 radical (unpaired) electrons. The van der Waals surface area contributed by atoms with E-state index in [-0.39, 0.29) is 18.4 Å². The fourth-order valence-corrected chi connectivity index (χ4v) is 5.37. The molecule has 4 aliphatic heterocycles. The summed E-state index contributed by atoms with van der Waals surface area (Å²) in [6.45, 7) is 8.02. The van der Waals surface area contributed by atoms with E-state index >= 15 is 0 Å². The second-order valence-corrected chi connectivity index (χ2v) is 8.85. The Bertz CT molecular complexity index is 568. The molecule has 0 unspecified atom stereocenters. The molecule has 1 N–H and O–H groups in total. The van der Waals surface area contributed by atoms with Gasteiger partial charge in [-0.1, -0.05) is 13.8 Å². The summed E-state index contributed by atoms with van der Waals surface area (Å²) in [5.74, 6) is -1.17. The number of ether oxygens (including phenoxy) is 3. The molecule has 4 heterocycles. The van der Waals surface area contributed by atoms with Gasteiger partial charge in [0.25, 0.3) is 0 Å². The molecule has 7 heteroatoms. The third-order valence-corrected chi connectivity index (χ3v) is 7.03. The highest BCUT2D eigenvalue weighted by molar-refractivity contribution is 5.69. The Kier molecular flexibility index (Phi) is 4.59. The summed E-state index contributed by atoms with van der Waals surface area (Å²) in [5, 5.41) is 9.11. The Hall–Kier alpha value is -0.730. The van der Waals surface area contributed by atoms with Crippen LogP contribution in [0.2, 0.25) is 0 Å². The van der Waals surface area contributed by atoms with Crippen LogP contribution in [-0.4, -0.2) is 41.7 Å². The highest BCUT2D eigenvalue weighted by Crippen LogP contribution is 2.60. The highest BCUT2D eigenvalue weighted by Gasteiger charge is 2.69. The SMILES string of the molecule is C[C@H]1[C@@H](OC[C@@H](C)C(=O)O)O[C@@H]2O[C@@]3(C)CC[C@H]4[C@H](C)CC[C@@H]1[C@@]24OO3. The van der Waals surface area contributed by atoms with E-state index in [1.807, 2.05) is 6.92 Å². The molecular weight excluding hydrogens is 340 g/mol. The summed E-state index contributed by atoms with van der Waals surface area (Å²) >= 11 is 0. The standard InChI is InChI=1S/C19H30O7/c1-10-5-6-14-12(3)16(22-9-11(2)15(20)21)23-17-19(14)13(10)7-8-18(4,24-17)25-26-19/h10-14,16-17H,5-9H2,1-4H3,(H,20,21)/t10-,11-,12-,13+,14+,16+,17-,18-,19-/m1/s1. The maximum Gasteiger partial charge on any atom is 0.308 e. The van der Waals surface area contributed by atoms with Crippen LogP contribution < -0.4 is 0 Å². The lowest BCUT2D eigenvalue weighted by Crippen LogP contribution is -2.70. The molecule has 5 aliphatic rings. The van der Waals surface area contributed by atoms with Crippen molar-refractivity contribution in [1.29, 1.82) is 0 Å². The first kappa shape index (κ1) is 18.6. The van der Waals surface area contributed by atoms with E-state index in [9.17, 15) is 4.79 Å². The van der Waals surface area contributed by atoms with E-state index in [1.54, 1.807) is 6.92 Å². The quantitative estimate of drug-likeness (QED) is 0.762. The Balaban J connectivity index is 1.61. The van der Waals surface area contributed by atoms with E-state index in [2.05, 4.69) is 13.8 Å². The van der Waals surface area contributed by atoms with Crippen molar-refractivity contribution in [2.24, 2.45) is 29.6 Å². The second kappa shape index (κ2) is 6.41. The molecule has 1 aliphatic carbocycles. The molecule has 148 valence electrons. The van der Waals surface area contributed by atoms with Crippen molar-refractivity contribution in [3.63, 3.8) is 0 Å². The van der Waals surface area contributed by atoms with Crippen LogP contribution in [0.1, 0.15) is 53.4 Å². The minimum absolute atomic E-state index is 0.0666. The largest absolute Gasteiger partial charge is 0.481 e. The molecule has 5 rings (SSSR count). The maximum absolute atomic E-state index is 11.1. The minimum atomic E-state index is -0.870. The molecule has 2 bridgehead atoms. The van der Waals surface area contributed by atoms with E-state index in [1.165, 1.54) is 0 Å². The van der Waals surface area contributed by atoms with Gasteiger partial charge in [0.1, 0.15) is 0 Å². The summed E-state index contributed by atoms with van der Waals surface area (Å²) in [6.07, 6.45) is 2.83. The summed E-state index contributed by atoms with van der Waals surface area (Å²) in [5.41, 5.74) is -0.606. The number of carbonyl (C=O) groups is 1. The van der Waals surface area contributed by atoms with Crippen LogP contribution in [0.4, 0.5) is 0 Å². The Morgan fingerprint density at radius 2 is 2.00 bits per heavy atom. The molecule has 0 aromatic carbocycles. The van der Waals surface area contributed by atoms with Crippen molar-refractivity contribution >= 4 is 5.97 Å². The van der Waals surface area contributed by atoms with Gasteiger partial charge in [-0.15, -0.1) is 0 Å². The highest BCUT2D eigenvalue weighted by atomic mass is 17.3. The van der Waals surface area contributed by atoms with Crippen LogP contribution in [-0.2, 0) is 28.8 Å². The smallest absolute Gasteiger partial charge is 0.308 e. The number of hydrogen-bond donors (Lipinski definition) is 1. The molecule has 5 fully saturated rings. The normalized spacial score (nSPS) is 51.4. The molecule has 26 heavy (non-hydrogen) atoms. The van der Waals surface area contributed by atoms with Crippen LogP contribution in [0.5, 0.6) is 0 Å². The number of rotatable bonds is 4. The van der Waals surface area contributed by atoms with Gasteiger partial charge in [0.05, 0.1) is 12.5 Å². The average Bonchev–Trinajstić information content (AvgIpc) is 2.82. The Labute approximate surface area is 154 Å². The van der Waals surface area contributed by atoms with Crippen LogP contribution in [0.15, 0.2) is 0 Å². The zero-order valence-electron chi connectivity index (χ0n) is 16.0. The number of fused-ring (bicyclic) bond motifs is 2. The Morgan fingerprint density at radius 3 is 2.73 bits per heavy atom. The number of carboxylic acids is 1. The van der Waals surface area contributed by atoms with Crippen molar-refractivity contribution in [3.05, 3.63) is 0 Å². The molecule has 4 saturated heterocycles. The lowest BCUT2D eigenvalue weighted by atomic mass is 9.58. The molecule has 0 aromatic heterocycles. The Morgan fingerprint density at radius 1 is 1.23 bits per heavy atom. The maximum atomic E-state index is 11.1. The van der Waals surface area contributed by atoms with E-state index in [4.69, 9.17) is 29.1 Å². The second-order valence-electron chi connectivity index (χ2n) is 8.85. The van der Waals surface area contributed by atoms with Gasteiger partial charge in [-0.2, -0.15) is 0 Å². The molecule has 9 atom stereocenters. The van der Waals surface area contributed by atoms with E-state index in [0.29, 0.717) is 11.8 Å². The lowest BCUT2D eigenvalue weighted by molar-refractivity contribution is -0.577. The van der Waals surface area contributed by atoms with Gasteiger partial charge in [-0.25, -0.2) is 9.78 Å². The number of hydrogen-bond acceptors (Lipinski definition) is 6. The van der Waals surface area contributed by atoms with Gasteiger partial charge < -0.3 is 19.3 Å². The third-order valence-electron chi connectivity index (χ3n) is 7.03. The molecule has 7 nitrogen and oxygen atoms in total. The lowest BCUT2D eigenvalue weighted by Gasteiger charge is -2.60. The first-order valence-corrected chi connectivity index (χ1v) is 9.81. The van der Waals surface area contributed by atoms with Gasteiger partial charge in [-0.3, -0.25) is 4.79 Å². The fraction of sp³-hybridized carbons (Fsp3) is 0.947. The van der Waals surface area contributed by atoms with E-state index in [0.717, 1.165) is 25.7 Å². The topological polar surface area (TPSA) is 83.5 Å². The van der Waals surface area contributed by atoms with Gasteiger partial charge in [-0.05, 0) is 44.9 Å². The molecule has 0 amide bonds. The predicted molar refractivity (Wildman–Crippen MR) is 89.6 cm³/mol. The van der Waals surface area contributed by atoms with Crippen molar-refractivity contribution in [2.75, 3.05) is 6.61 Å². The molecular formula is C19H30O7.